The third-order valence-electron chi connectivity index (χ3n) is 4.51. The highest BCUT2D eigenvalue weighted by molar-refractivity contribution is 5.79. The van der Waals surface area contributed by atoms with Crippen molar-refractivity contribution >= 4 is 5.91 Å². The Labute approximate surface area is 136 Å². The molecule has 2 heterocycles. The fourth-order valence-corrected chi connectivity index (χ4v) is 3.34. The van der Waals surface area contributed by atoms with Gasteiger partial charge in [0.1, 0.15) is 0 Å². The van der Waals surface area contributed by atoms with E-state index in [-0.39, 0.29) is 18.1 Å². The van der Waals surface area contributed by atoms with Crippen LogP contribution in [0, 0.1) is 0 Å². The van der Waals surface area contributed by atoms with E-state index in [0.717, 1.165) is 30.5 Å². The lowest BCUT2D eigenvalue weighted by Crippen LogP contribution is -2.42. The van der Waals surface area contributed by atoms with Crippen molar-refractivity contribution in [2.45, 2.75) is 31.4 Å². The maximum Gasteiger partial charge on any atom is 0.227 e. The predicted octanol–water partition coefficient (Wildman–Crippen LogP) is 1.82. The van der Waals surface area contributed by atoms with Gasteiger partial charge in [0.05, 0.1) is 24.8 Å². The van der Waals surface area contributed by atoms with E-state index in [4.69, 9.17) is 4.74 Å². The maximum atomic E-state index is 12.7. The maximum absolute atomic E-state index is 12.7. The molecule has 1 saturated heterocycles. The standard InChI is InChI=1S/C18H23N3O2/c1-20-13-15(12-19-20)10-16-17(23-2)8-9-21(16)18(22)11-14-6-4-3-5-7-14/h3-7,12-13,16-17H,8-11H2,1-2H3/t16-,17+/m0/s1. The van der Waals surface area contributed by atoms with Crippen molar-refractivity contribution in [2.75, 3.05) is 13.7 Å². The number of likely N-dealkylation sites (tertiary alicyclic amines) is 1. The smallest absolute Gasteiger partial charge is 0.227 e. The van der Waals surface area contributed by atoms with Crippen molar-refractivity contribution in [2.24, 2.45) is 7.05 Å². The molecule has 122 valence electrons. The number of carbonyl (C=O) groups excluding carboxylic acids is 1. The van der Waals surface area contributed by atoms with Crippen LogP contribution in [0.1, 0.15) is 17.5 Å². The van der Waals surface area contributed by atoms with Gasteiger partial charge >= 0.3 is 0 Å². The molecule has 0 aliphatic carbocycles. The van der Waals surface area contributed by atoms with E-state index >= 15 is 0 Å². The van der Waals surface area contributed by atoms with Crippen LogP contribution in [0.4, 0.5) is 0 Å². The number of nitrogens with zero attached hydrogens (tertiary/aromatic N) is 3. The molecule has 1 aromatic heterocycles. The number of hydrogen-bond donors (Lipinski definition) is 0. The molecule has 1 aromatic carbocycles. The summed E-state index contributed by atoms with van der Waals surface area (Å²) in [5.41, 5.74) is 2.19. The van der Waals surface area contributed by atoms with Gasteiger partial charge in [-0.2, -0.15) is 5.10 Å². The molecule has 2 atom stereocenters. The summed E-state index contributed by atoms with van der Waals surface area (Å²) in [6.45, 7) is 0.759. The van der Waals surface area contributed by atoms with Gasteiger partial charge in [0, 0.05) is 26.9 Å². The van der Waals surface area contributed by atoms with Crippen molar-refractivity contribution < 1.29 is 9.53 Å². The van der Waals surface area contributed by atoms with Crippen LogP contribution in [0.3, 0.4) is 0 Å². The molecule has 23 heavy (non-hydrogen) atoms. The van der Waals surface area contributed by atoms with Crippen molar-refractivity contribution in [1.82, 2.24) is 14.7 Å². The molecule has 0 spiro atoms. The molecule has 0 N–H and O–H groups in total. The first-order valence-electron chi connectivity index (χ1n) is 8.01. The van der Waals surface area contributed by atoms with E-state index in [9.17, 15) is 4.79 Å². The van der Waals surface area contributed by atoms with Crippen molar-refractivity contribution in [3.8, 4) is 0 Å². The normalized spacial score (nSPS) is 20.9. The SMILES string of the molecule is CO[C@@H]1CCN(C(=O)Cc2ccccc2)[C@H]1Cc1cnn(C)c1. The van der Waals surface area contributed by atoms with E-state index in [2.05, 4.69) is 5.10 Å². The van der Waals surface area contributed by atoms with Gasteiger partial charge in [-0.25, -0.2) is 0 Å². The topological polar surface area (TPSA) is 47.4 Å². The van der Waals surface area contributed by atoms with Gasteiger partial charge in [-0.3, -0.25) is 9.48 Å². The third-order valence-corrected chi connectivity index (χ3v) is 4.51. The van der Waals surface area contributed by atoms with Crippen molar-refractivity contribution in [3.63, 3.8) is 0 Å². The number of amides is 1. The lowest BCUT2D eigenvalue weighted by Gasteiger charge is -2.27. The minimum Gasteiger partial charge on any atom is -0.379 e. The zero-order valence-electron chi connectivity index (χ0n) is 13.7. The lowest BCUT2D eigenvalue weighted by atomic mass is 10.0. The predicted molar refractivity (Wildman–Crippen MR) is 88.0 cm³/mol. The molecule has 3 rings (SSSR count). The summed E-state index contributed by atoms with van der Waals surface area (Å²) in [6, 6.07) is 9.99. The Morgan fingerprint density at radius 2 is 2.09 bits per heavy atom. The first-order chi connectivity index (χ1) is 11.2. The summed E-state index contributed by atoms with van der Waals surface area (Å²) in [7, 11) is 3.64. The number of ether oxygens (including phenoxy) is 1. The second-order valence-electron chi connectivity index (χ2n) is 6.11. The van der Waals surface area contributed by atoms with Crippen LogP contribution >= 0.6 is 0 Å². The molecule has 1 fully saturated rings. The van der Waals surface area contributed by atoms with E-state index in [1.54, 1.807) is 11.8 Å². The first-order valence-corrected chi connectivity index (χ1v) is 8.01. The minimum absolute atomic E-state index is 0.0837. The van der Waals surface area contributed by atoms with Crippen LogP contribution in [0.5, 0.6) is 0 Å². The lowest BCUT2D eigenvalue weighted by molar-refractivity contribution is -0.132. The molecular weight excluding hydrogens is 290 g/mol. The molecule has 0 bridgehead atoms. The van der Waals surface area contributed by atoms with E-state index in [1.807, 2.05) is 54.7 Å². The van der Waals surface area contributed by atoms with Crippen molar-refractivity contribution in [3.05, 3.63) is 53.9 Å². The number of rotatable bonds is 5. The summed E-state index contributed by atoms with van der Waals surface area (Å²) in [5.74, 6) is 0.171. The van der Waals surface area contributed by atoms with Crippen molar-refractivity contribution in [1.29, 1.82) is 0 Å². The Morgan fingerprint density at radius 1 is 1.30 bits per heavy atom. The molecule has 1 amide bonds. The Bertz CT molecular complexity index is 653. The quantitative estimate of drug-likeness (QED) is 0.846. The van der Waals surface area contributed by atoms with Gasteiger partial charge < -0.3 is 9.64 Å². The summed E-state index contributed by atoms with van der Waals surface area (Å²) >= 11 is 0. The molecular formula is C18H23N3O2. The third kappa shape index (κ3) is 3.62. The summed E-state index contributed by atoms with van der Waals surface area (Å²) in [6.07, 6.45) is 6.08. The van der Waals surface area contributed by atoms with Crippen LogP contribution in [0.2, 0.25) is 0 Å². The summed E-state index contributed by atoms with van der Waals surface area (Å²) in [5, 5.41) is 4.22. The largest absolute Gasteiger partial charge is 0.379 e. The number of aryl methyl sites for hydroxylation is 1. The van der Waals surface area contributed by atoms with Gasteiger partial charge in [0.15, 0.2) is 0 Å². The average molecular weight is 313 g/mol. The van der Waals surface area contributed by atoms with Crippen LogP contribution in [0.25, 0.3) is 0 Å². The van der Waals surface area contributed by atoms with Gasteiger partial charge in [0.2, 0.25) is 5.91 Å². The number of aromatic nitrogens is 2. The molecule has 0 radical (unpaired) electrons. The van der Waals surface area contributed by atoms with E-state index in [0.29, 0.717) is 6.42 Å². The molecule has 0 saturated carbocycles. The zero-order chi connectivity index (χ0) is 16.2. The second-order valence-corrected chi connectivity index (χ2v) is 6.11. The van der Waals surface area contributed by atoms with Crippen LogP contribution in [-0.2, 0) is 29.4 Å². The highest BCUT2D eigenvalue weighted by Crippen LogP contribution is 2.25. The van der Waals surface area contributed by atoms with Gasteiger partial charge in [-0.05, 0) is 24.0 Å². The summed E-state index contributed by atoms with van der Waals surface area (Å²) < 4.78 is 7.41. The van der Waals surface area contributed by atoms with Gasteiger partial charge in [-0.15, -0.1) is 0 Å². The highest BCUT2D eigenvalue weighted by atomic mass is 16.5. The van der Waals surface area contributed by atoms with Gasteiger partial charge in [-0.1, -0.05) is 30.3 Å². The Morgan fingerprint density at radius 3 is 2.74 bits per heavy atom. The zero-order valence-corrected chi connectivity index (χ0v) is 13.7. The number of benzene rings is 1. The number of hydrogen-bond acceptors (Lipinski definition) is 3. The van der Waals surface area contributed by atoms with Crippen LogP contribution < -0.4 is 0 Å². The molecule has 1 aliphatic heterocycles. The number of methoxy groups -OCH3 is 1. The van der Waals surface area contributed by atoms with E-state index in [1.165, 1.54) is 0 Å². The Hall–Kier alpha value is -2.14. The molecule has 0 unspecified atom stereocenters. The molecule has 1 aliphatic rings. The molecule has 5 heteroatoms. The highest BCUT2D eigenvalue weighted by Gasteiger charge is 2.37. The van der Waals surface area contributed by atoms with Crippen LogP contribution in [-0.4, -0.2) is 46.4 Å². The average Bonchev–Trinajstić information content (AvgIpc) is 3.15. The fraction of sp³-hybridized carbons (Fsp3) is 0.444. The van der Waals surface area contributed by atoms with E-state index < -0.39 is 0 Å². The Balaban J connectivity index is 1.72. The number of carbonyl (C=O) groups is 1. The monoisotopic (exact) mass is 313 g/mol. The fourth-order valence-electron chi connectivity index (χ4n) is 3.34. The molecule has 2 aromatic rings. The summed E-state index contributed by atoms with van der Waals surface area (Å²) in [4.78, 5) is 14.7. The minimum atomic E-state index is 0.0837. The molecule has 5 nitrogen and oxygen atoms in total. The van der Waals surface area contributed by atoms with Crippen LogP contribution in [0.15, 0.2) is 42.7 Å². The Kier molecular flexibility index (Phi) is 4.76. The first kappa shape index (κ1) is 15.7. The van der Waals surface area contributed by atoms with Gasteiger partial charge in [0.25, 0.3) is 0 Å². The second kappa shape index (κ2) is 6.96.